The number of carbonyl (C=O) groups is 2. The van der Waals surface area contributed by atoms with E-state index in [-0.39, 0.29) is 24.0 Å². The van der Waals surface area contributed by atoms with Crippen molar-refractivity contribution in [1.29, 1.82) is 0 Å². The van der Waals surface area contributed by atoms with Gasteiger partial charge < -0.3 is 14.8 Å². The molecule has 1 aliphatic rings. The lowest BCUT2D eigenvalue weighted by Crippen LogP contribution is -2.42. The van der Waals surface area contributed by atoms with Crippen molar-refractivity contribution in [3.63, 3.8) is 0 Å². The largest absolute Gasteiger partial charge is 0.459 e. The van der Waals surface area contributed by atoms with Gasteiger partial charge in [-0.2, -0.15) is 0 Å². The number of hydrogen-bond donors (Lipinski definition) is 1. The molecule has 1 fully saturated rings. The summed E-state index contributed by atoms with van der Waals surface area (Å²) in [5.74, 6) is 0.605. The lowest BCUT2D eigenvalue weighted by atomic mass is 9.94. The topological polar surface area (TPSA) is 67.9 Å². The zero-order valence-electron chi connectivity index (χ0n) is 17.6. The summed E-state index contributed by atoms with van der Waals surface area (Å²) in [6, 6.07) is -0.0715. The normalized spacial score (nSPS) is 23.5. The smallest absolute Gasteiger partial charge is 0.323 e. The van der Waals surface area contributed by atoms with Crippen LogP contribution in [0.5, 0.6) is 0 Å². The number of amides is 1. The SMILES string of the molecule is CCC(CCN1CC(COC)CC1C(=O)OC(C)(C)C)C(C)NC(C)=O. The fourth-order valence-corrected chi connectivity index (χ4v) is 3.79. The maximum absolute atomic E-state index is 12.7. The van der Waals surface area contributed by atoms with E-state index in [4.69, 9.17) is 9.47 Å². The number of esters is 1. The summed E-state index contributed by atoms with van der Waals surface area (Å²) in [5.41, 5.74) is -0.478. The molecule has 6 nitrogen and oxygen atoms in total. The van der Waals surface area contributed by atoms with Crippen molar-refractivity contribution < 1.29 is 19.1 Å². The Morgan fingerprint density at radius 2 is 1.96 bits per heavy atom. The van der Waals surface area contributed by atoms with Crippen LogP contribution < -0.4 is 5.32 Å². The lowest BCUT2D eigenvalue weighted by molar-refractivity contribution is -0.160. The van der Waals surface area contributed by atoms with E-state index in [0.29, 0.717) is 18.4 Å². The monoisotopic (exact) mass is 370 g/mol. The minimum absolute atomic E-state index is 0.00362. The van der Waals surface area contributed by atoms with Crippen LogP contribution in [0, 0.1) is 11.8 Å². The van der Waals surface area contributed by atoms with Crippen LogP contribution in [0.1, 0.15) is 60.8 Å². The summed E-state index contributed by atoms with van der Waals surface area (Å²) in [6.07, 6.45) is 2.71. The van der Waals surface area contributed by atoms with E-state index in [2.05, 4.69) is 24.1 Å². The molecule has 1 saturated heterocycles. The first-order valence-electron chi connectivity index (χ1n) is 9.80. The van der Waals surface area contributed by atoms with Crippen molar-refractivity contribution >= 4 is 11.9 Å². The van der Waals surface area contributed by atoms with Gasteiger partial charge in [-0.1, -0.05) is 13.3 Å². The lowest BCUT2D eigenvalue weighted by Gasteiger charge is -2.30. The van der Waals surface area contributed by atoms with Crippen molar-refractivity contribution in [2.45, 2.75) is 78.5 Å². The van der Waals surface area contributed by atoms with Gasteiger partial charge >= 0.3 is 5.97 Å². The number of nitrogens with zero attached hydrogens (tertiary/aromatic N) is 1. The molecule has 1 aliphatic heterocycles. The van der Waals surface area contributed by atoms with Gasteiger partial charge in [0.15, 0.2) is 0 Å². The van der Waals surface area contributed by atoms with Crippen molar-refractivity contribution in [3.8, 4) is 0 Å². The van der Waals surface area contributed by atoms with Gasteiger partial charge in [-0.3, -0.25) is 14.5 Å². The van der Waals surface area contributed by atoms with Crippen LogP contribution in [0.2, 0.25) is 0 Å². The standard InChI is InChI=1S/C20H38N2O4/c1-8-17(14(2)21-15(3)23)9-10-22-12-16(13-25-7)11-18(22)19(24)26-20(4,5)6/h14,16-18H,8-13H2,1-7H3,(H,21,23). The molecule has 4 atom stereocenters. The second kappa shape index (κ2) is 10.3. The van der Waals surface area contributed by atoms with E-state index in [0.717, 1.165) is 32.4 Å². The molecule has 0 saturated carbocycles. The van der Waals surface area contributed by atoms with Crippen molar-refractivity contribution in [2.75, 3.05) is 26.8 Å². The first-order valence-corrected chi connectivity index (χ1v) is 9.80. The molecule has 6 heteroatoms. The Kier molecular flexibility index (Phi) is 9.04. The van der Waals surface area contributed by atoms with E-state index < -0.39 is 5.60 Å². The van der Waals surface area contributed by atoms with Crippen LogP contribution in [0.3, 0.4) is 0 Å². The molecule has 0 aromatic heterocycles. The highest BCUT2D eigenvalue weighted by atomic mass is 16.6. The molecule has 1 amide bonds. The third kappa shape index (κ3) is 7.62. The van der Waals surface area contributed by atoms with Crippen LogP contribution >= 0.6 is 0 Å². The van der Waals surface area contributed by atoms with Crippen LogP contribution in [-0.2, 0) is 19.1 Å². The maximum Gasteiger partial charge on any atom is 0.323 e. The molecule has 0 spiro atoms. The van der Waals surface area contributed by atoms with Gasteiger partial charge in [0.2, 0.25) is 5.91 Å². The number of carbonyl (C=O) groups excluding carboxylic acids is 2. The van der Waals surface area contributed by atoms with Crippen molar-refractivity contribution in [3.05, 3.63) is 0 Å². The number of rotatable bonds is 9. The van der Waals surface area contributed by atoms with Crippen LogP contribution in [-0.4, -0.2) is 61.3 Å². The predicted octanol–water partition coefficient (Wildman–Crippen LogP) is 2.61. The summed E-state index contributed by atoms with van der Waals surface area (Å²) in [6.45, 7) is 13.8. The summed E-state index contributed by atoms with van der Waals surface area (Å²) < 4.78 is 10.9. The zero-order valence-corrected chi connectivity index (χ0v) is 17.6. The summed E-state index contributed by atoms with van der Waals surface area (Å²) in [7, 11) is 1.70. The average molecular weight is 371 g/mol. The maximum atomic E-state index is 12.7. The minimum atomic E-state index is -0.478. The Labute approximate surface area is 159 Å². The molecule has 0 radical (unpaired) electrons. The van der Waals surface area contributed by atoms with Gasteiger partial charge in [-0.15, -0.1) is 0 Å². The Morgan fingerprint density at radius 3 is 2.46 bits per heavy atom. The Hall–Kier alpha value is -1.14. The van der Waals surface area contributed by atoms with E-state index in [1.54, 1.807) is 14.0 Å². The highest BCUT2D eigenvalue weighted by molar-refractivity contribution is 5.76. The summed E-state index contributed by atoms with van der Waals surface area (Å²) in [5, 5.41) is 2.99. The number of hydrogen-bond acceptors (Lipinski definition) is 5. The fourth-order valence-electron chi connectivity index (χ4n) is 3.79. The predicted molar refractivity (Wildman–Crippen MR) is 103 cm³/mol. The molecule has 1 N–H and O–H groups in total. The molecule has 0 aromatic carbocycles. The van der Waals surface area contributed by atoms with E-state index in [9.17, 15) is 9.59 Å². The molecule has 0 aromatic rings. The number of methoxy groups -OCH3 is 1. The summed E-state index contributed by atoms with van der Waals surface area (Å²) in [4.78, 5) is 26.2. The number of nitrogens with one attached hydrogen (secondary N) is 1. The zero-order chi connectivity index (χ0) is 19.9. The summed E-state index contributed by atoms with van der Waals surface area (Å²) >= 11 is 0. The van der Waals surface area contributed by atoms with Crippen LogP contribution in [0.4, 0.5) is 0 Å². The molecule has 1 heterocycles. The molecule has 0 aliphatic carbocycles. The Morgan fingerprint density at radius 1 is 1.31 bits per heavy atom. The average Bonchev–Trinajstić information content (AvgIpc) is 2.89. The first kappa shape index (κ1) is 22.9. The van der Waals surface area contributed by atoms with Crippen LogP contribution in [0.15, 0.2) is 0 Å². The highest BCUT2D eigenvalue weighted by Crippen LogP contribution is 2.27. The molecule has 152 valence electrons. The second-order valence-corrected chi connectivity index (χ2v) is 8.55. The van der Waals surface area contributed by atoms with Gasteiger partial charge in [0.1, 0.15) is 11.6 Å². The van der Waals surface area contributed by atoms with Crippen molar-refractivity contribution in [2.24, 2.45) is 11.8 Å². The molecule has 0 bridgehead atoms. The number of ether oxygens (including phenoxy) is 2. The molecular formula is C20H38N2O4. The van der Waals surface area contributed by atoms with E-state index in [1.807, 2.05) is 20.8 Å². The number of likely N-dealkylation sites (tertiary alicyclic amines) is 1. The fraction of sp³-hybridized carbons (Fsp3) is 0.900. The van der Waals surface area contributed by atoms with E-state index >= 15 is 0 Å². The van der Waals surface area contributed by atoms with Crippen molar-refractivity contribution in [1.82, 2.24) is 10.2 Å². The van der Waals surface area contributed by atoms with Gasteiger partial charge in [-0.25, -0.2) is 0 Å². The van der Waals surface area contributed by atoms with E-state index in [1.165, 1.54) is 0 Å². The molecule has 1 rings (SSSR count). The highest BCUT2D eigenvalue weighted by Gasteiger charge is 2.39. The molecule has 26 heavy (non-hydrogen) atoms. The first-order chi connectivity index (χ1) is 12.1. The minimum Gasteiger partial charge on any atom is -0.459 e. The second-order valence-electron chi connectivity index (χ2n) is 8.55. The molecule has 4 unspecified atom stereocenters. The quantitative estimate of drug-likeness (QED) is 0.632. The van der Waals surface area contributed by atoms with Gasteiger partial charge in [0.05, 0.1) is 6.61 Å². The van der Waals surface area contributed by atoms with Crippen LogP contribution in [0.25, 0.3) is 0 Å². The Bertz CT molecular complexity index is 461. The third-order valence-electron chi connectivity index (χ3n) is 5.02. The third-order valence-corrected chi connectivity index (χ3v) is 5.02. The van der Waals surface area contributed by atoms with Gasteiger partial charge in [0, 0.05) is 26.6 Å². The molecular weight excluding hydrogens is 332 g/mol. The van der Waals surface area contributed by atoms with Gasteiger partial charge in [-0.05, 0) is 58.9 Å². The van der Waals surface area contributed by atoms with Gasteiger partial charge in [0.25, 0.3) is 0 Å². The Balaban J connectivity index is 2.72.